The maximum absolute atomic E-state index is 11.1. The third-order valence-electron chi connectivity index (χ3n) is 2.98. The van der Waals surface area contributed by atoms with Crippen molar-refractivity contribution in [2.75, 3.05) is 0 Å². The maximum Gasteiger partial charge on any atom is 0.224 e. The van der Waals surface area contributed by atoms with Crippen LogP contribution >= 0.6 is 0 Å². The van der Waals surface area contributed by atoms with Crippen LogP contribution in [0.4, 0.5) is 0 Å². The molecule has 0 saturated heterocycles. The predicted octanol–water partition coefficient (Wildman–Crippen LogP) is 2.47. The third kappa shape index (κ3) is 3.48. The number of hydrogen-bond donors (Lipinski definition) is 2. The second-order valence-electron chi connectivity index (χ2n) is 4.40. The fourth-order valence-electron chi connectivity index (χ4n) is 1.93. The number of rotatable bonds is 4. The standard InChI is InChI=1S/C15H18N2O/c1-12-14(7-8-15(18)17-12)9-10-16-11-13-5-3-2-4-6-13/h2-6,9-10,16H,7-8,11H2,1H3,(H,17,18)/b10-9-. The average molecular weight is 242 g/mol. The van der Waals surface area contributed by atoms with Crippen molar-refractivity contribution in [3.05, 3.63) is 59.4 Å². The summed E-state index contributed by atoms with van der Waals surface area (Å²) < 4.78 is 0. The van der Waals surface area contributed by atoms with Crippen LogP contribution in [-0.2, 0) is 11.3 Å². The number of carbonyl (C=O) groups is 1. The van der Waals surface area contributed by atoms with Crippen molar-refractivity contribution in [1.82, 2.24) is 10.6 Å². The van der Waals surface area contributed by atoms with Gasteiger partial charge in [-0.15, -0.1) is 0 Å². The van der Waals surface area contributed by atoms with Crippen LogP contribution in [0.5, 0.6) is 0 Å². The Hall–Kier alpha value is -2.03. The molecule has 94 valence electrons. The molecule has 3 nitrogen and oxygen atoms in total. The molecule has 0 unspecified atom stereocenters. The Labute approximate surface area is 108 Å². The van der Waals surface area contributed by atoms with Crippen LogP contribution in [0, 0.1) is 0 Å². The summed E-state index contributed by atoms with van der Waals surface area (Å²) in [6.07, 6.45) is 5.39. The molecule has 1 aromatic carbocycles. The fourth-order valence-corrected chi connectivity index (χ4v) is 1.93. The van der Waals surface area contributed by atoms with Gasteiger partial charge in [0.1, 0.15) is 0 Å². The van der Waals surface area contributed by atoms with Crippen LogP contribution < -0.4 is 10.6 Å². The van der Waals surface area contributed by atoms with Crippen LogP contribution in [0.25, 0.3) is 0 Å². The number of nitrogens with one attached hydrogen (secondary N) is 2. The Morgan fingerprint density at radius 1 is 1.28 bits per heavy atom. The summed E-state index contributed by atoms with van der Waals surface area (Å²) in [6.45, 7) is 2.75. The van der Waals surface area contributed by atoms with Crippen molar-refractivity contribution in [3.63, 3.8) is 0 Å². The van der Waals surface area contributed by atoms with Crippen molar-refractivity contribution in [1.29, 1.82) is 0 Å². The van der Waals surface area contributed by atoms with Crippen molar-refractivity contribution in [3.8, 4) is 0 Å². The molecule has 1 heterocycles. The molecule has 0 bridgehead atoms. The highest BCUT2D eigenvalue weighted by Gasteiger charge is 2.11. The first-order chi connectivity index (χ1) is 8.75. The lowest BCUT2D eigenvalue weighted by molar-refractivity contribution is -0.120. The minimum Gasteiger partial charge on any atom is -0.387 e. The molecule has 3 heteroatoms. The second kappa shape index (κ2) is 6.05. The minimum atomic E-state index is 0.113. The molecule has 0 aromatic heterocycles. The highest BCUT2D eigenvalue weighted by atomic mass is 16.1. The summed E-state index contributed by atoms with van der Waals surface area (Å²) in [4.78, 5) is 11.1. The lowest BCUT2D eigenvalue weighted by atomic mass is 10.0. The highest BCUT2D eigenvalue weighted by Crippen LogP contribution is 2.15. The molecule has 18 heavy (non-hydrogen) atoms. The van der Waals surface area contributed by atoms with E-state index >= 15 is 0 Å². The summed E-state index contributed by atoms with van der Waals surface area (Å²) in [6, 6.07) is 10.3. The van der Waals surface area contributed by atoms with Crippen LogP contribution in [-0.4, -0.2) is 5.91 Å². The number of allylic oxidation sites excluding steroid dienone is 3. The van der Waals surface area contributed by atoms with Crippen molar-refractivity contribution in [2.24, 2.45) is 0 Å². The Balaban J connectivity index is 1.85. The molecule has 0 fully saturated rings. The SMILES string of the molecule is CC1=C(/C=C\NCc2ccccc2)CCC(=O)N1. The van der Waals surface area contributed by atoms with Crippen molar-refractivity contribution in [2.45, 2.75) is 26.3 Å². The first-order valence-corrected chi connectivity index (χ1v) is 6.19. The normalized spacial score (nSPS) is 15.9. The van der Waals surface area contributed by atoms with E-state index in [4.69, 9.17) is 0 Å². The van der Waals surface area contributed by atoms with E-state index in [1.54, 1.807) is 0 Å². The predicted molar refractivity (Wildman–Crippen MR) is 72.5 cm³/mol. The third-order valence-corrected chi connectivity index (χ3v) is 2.98. The Bertz CT molecular complexity index is 475. The summed E-state index contributed by atoms with van der Waals surface area (Å²) >= 11 is 0. The summed E-state index contributed by atoms with van der Waals surface area (Å²) in [5.41, 5.74) is 3.41. The molecule has 0 saturated carbocycles. The lowest BCUT2D eigenvalue weighted by Crippen LogP contribution is -2.26. The van der Waals surface area contributed by atoms with E-state index in [0.29, 0.717) is 6.42 Å². The number of amides is 1. The molecule has 0 radical (unpaired) electrons. The molecule has 2 N–H and O–H groups in total. The van der Waals surface area contributed by atoms with Crippen LogP contribution in [0.15, 0.2) is 53.9 Å². The quantitative estimate of drug-likeness (QED) is 0.851. The van der Waals surface area contributed by atoms with Gasteiger partial charge in [-0.05, 0) is 36.8 Å². The first-order valence-electron chi connectivity index (χ1n) is 6.19. The van der Waals surface area contributed by atoms with Gasteiger partial charge < -0.3 is 10.6 Å². The molecular formula is C15H18N2O. The molecule has 1 aliphatic heterocycles. The smallest absolute Gasteiger partial charge is 0.224 e. The van der Waals surface area contributed by atoms with Crippen molar-refractivity contribution < 1.29 is 4.79 Å². The van der Waals surface area contributed by atoms with Crippen LogP contribution in [0.1, 0.15) is 25.3 Å². The zero-order valence-corrected chi connectivity index (χ0v) is 10.6. The fraction of sp³-hybridized carbons (Fsp3) is 0.267. The first kappa shape index (κ1) is 12.4. The maximum atomic E-state index is 11.1. The largest absolute Gasteiger partial charge is 0.387 e. The zero-order chi connectivity index (χ0) is 12.8. The second-order valence-corrected chi connectivity index (χ2v) is 4.40. The molecule has 0 spiro atoms. The monoisotopic (exact) mass is 242 g/mol. The Morgan fingerprint density at radius 2 is 2.06 bits per heavy atom. The molecule has 0 aliphatic carbocycles. The van der Waals surface area contributed by atoms with Gasteiger partial charge in [-0.1, -0.05) is 30.3 Å². The zero-order valence-electron chi connectivity index (χ0n) is 10.6. The highest BCUT2D eigenvalue weighted by molar-refractivity contribution is 5.79. The van der Waals surface area contributed by atoms with Gasteiger partial charge in [0.05, 0.1) is 0 Å². The van der Waals surface area contributed by atoms with Gasteiger partial charge in [0, 0.05) is 18.7 Å². The van der Waals surface area contributed by atoms with E-state index in [0.717, 1.165) is 18.7 Å². The average Bonchev–Trinajstić information content (AvgIpc) is 2.38. The minimum absolute atomic E-state index is 0.113. The molecule has 1 amide bonds. The van der Waals surface area contributed by atoms with E-state index in [-0.39, 0.29) is 5.91 Å². The van der Waals surface area contributed by atoms with Gasteiger partial charge in [-0.3, -0.25) is 4.79 Å². The summed E-state index contributed by atoms with van der Waals surface area (Å²) in [7, 11) is 0. The number of carbonyl (C=O) groups excluding carboxylic acids is 1. The Kier molecular flexibility index (Phi) is 4.18. The lowest BCUT2D eigenvalue weighted by Gasteiger charge is -2.15. The van der Waals surface area contributed by atoms with E-state index < -0.39 is 0 Å². The molecule has 0 atom stereocenters. The van der Waals surface area contributed by atoms with Gasteiger partial charge >= 0.3 is 0 Å². The molecular weight excluding hydrogens is 224 g/mol. The van der Waals surface area contributed by atoms with Gasteiger partial charge in [0.2, 0.25) is 5.91 Å². The summed E-state index contributed by atoms with van der Waals surface area (Å²) in [5.74, 6) is 0.113. The van der Waals surface area contributed by atoms with Crippen LogP contribution in [0.2, 0.25) is 0 Å². The number of benzene rings is 1. The van der Waals surface area contributed by atoms with Gasteiger partial charge in [-0.2, -0.15) is 0 Å². The summed E-state index contributed by atoms with van der Waals surface area (Å²) in [5, 5.41) is 6.10. The van der Waals surface area contributed by atoms with Gasteiger partial charge in [0.25, 0.3) is 0 Å². The van der Waals surface area contributed by atoms with E-state index in [1.165, 1.54) is 11.1 Å². The van der Waals surface area contributed by atoms with E-state index in [1.807, 2.05) is 37.4 Å². The van der Waals surface area contributed by atoms with Crippen LogP contribution in [0.3, 0.4) is 0 Å². The molecule has 1 aliphatic rings. The topological polar surface area (TPSA) is 41.1 Å². The Morgan fingerprint density at radius 3 is 2.78 bits per heavy atom. The van der Waals surface area contributed by atoms with E-state index in [9.17, 15) is 4.79 Å². The number of hydrogen-bond acceptors (Lipinski definition) is 2. The van der Waals surface area contributed by atoms with E-state index in [2.05, 4.69) is 22.8 Å². The molecule has 2 rings (SSSR count). The van der Waals surface area contributed by atoms with Gasteiger partial charge in [0.15, 0.2) is 0 Å². The molecule has 1 aromatic rings. The van der Waals surface area contributed by atoms with Crippen molar-refractivity contribution >= 4 is 5.91 Å². The van der Waals surface area contributed by atoms with Gasteiger partial charge in [-0.25, -0.2) is 0 Å².